The van der Waals surface area contributed by atoms with Crippen molar-refractivity contribution in [2.45, 2.75) is 96.8 Å². The number of nitrogens with one attached hydrogen (secondary N) is 1. The van der Waals surface area contributed by atoms with Crippen LogP contribution in [-0.2, 0) is 20.9 Å². The van der Waals surface area contributed by atoms with Crippen molar-refractivity contribution in [3.05, 3.63) is 58.7 Å². The van der Waals surface area contributed by atoms with Gasteiger partial charge in [-0.1, -0.05) is 65.8 Å². The molecule has 0 spiro atoms. The summed E-state index contributed by atoms with van der Waals surface area (Å²) in [5.41, 5.74) is 4.44. The number of hydrogen-bond donors (Lipinski definition) is 1. The maximum Gasteiger partial charge on any atom is 0.240 e. The first-order chi connectivity index (χ1) is 15.3. The van der Waals surface area contributed by atoms with Crippen molar-refractivity contribution in [3.8, 4) is 5.75 Å². The Bertz CT molecular complexity index is 1040. The molecule has 0 bridgehead atoms. The maximum absolute atomic E-state index is 12.6. The number of ether oxygens (including phenoxy) is 1. The summed E-state index contributed by atoms with van der Waals surface area (Å²) in [6.07, 6.45) is 3.61. The second-order valence-corrected chi connectivity index (χ2v) is 12.1. The molecule has 2 aromatic rings. The quantitative estimate of drug-likeness (QED) is 0.344. The zero-order chi connectivity index (χ0) is 24.9. The molecule has 0 atom stereocenters. The van der Waals surface area contributed by atoms with Gasteiger partial charge >= 0.3 is 0 Å². The fraction of sp³-hybridized carbons (Fsp3) is 0.571. The Balaban J connectivity index is 1.98. The van der Waals surface area contributed by atoms with E-state index in [-0.39, 0.29) is 10.8 Å². The van der Waals surface area contributed by atoms with Crippen LogP contribution in [-0.4, -0.2) is 21.6 Å². The van der Waals surface area contributed by atoms with Gasteiger partial charge in [-0.3, -0.25) is 0 Å². The van der Waals surface area contributed by atoms with Crippen molar-refractivity contribution in [3.63, 3.8) is 0 Å². The Hall–Kier alpha value is -1.85. The summed E-state index contributed by atoms with van der Waals surface area (Å²) < 4.78 is 34.2. The van der Waals surface area contributed by atoms with Gasteiger partial charge in [-0.2, -0.15) is 0 Å². The van der Waals surface area contributed by atoms with Crippen molar-refractivity contribution in [2.24, 2.45) is 0 Å². The Morgan fingerprint density at radius 2 is 1.55 bits per heavy atom. The lowest BCUT2D eigenvalue weighted by atomic mass is 9.76. The highest BCUT2D eigenvalue weighted by Crippen LogP contribution is 2.38. The third-order valence-electron chi connectivity index (χ3n) is 7.01. The highest BCUT2D eigenvalue weighted by Gasteiger charge is 2.26. The van der Waals surface area contributed by atoms with E-state index < -0.39 is 10.0 Å². The van der Waals surface area contributed by atoms with Gasteiger partial charge in [0.25, 0.3) is 0 Å². The second-order valence-electron chi connectivity index (χ2n) is 10.4. The zero-order valence-corrected chi connectivity index (χ0v) is 22.7. The first-order valence-corrected chi connectivity index (χ1v) is 13.7. The van der Waals surface area contributed by atoms with Crippen molar-refractivity contribution >= 4 is 10.0 Å². The third kappa shape index (κ3) is 7.07. The molecule has 2 rings (SSSR count). The topological polar surface area (TPSA) is 55.4 Å². The summed E-state index contributed by atoms with van der Waals surface area (Å²) in [6, 6.07) is 12.1. The van der Waals surface area contributed by atoms with Gasteiger partial charge in [0.05, 0.1) is 11.5 Å². The summed E-state index contributed by atoms with van der Waals surface area (Å²) in [6.45, 7) is 18.2. The standard InChI is InChI=1S/C28H43NO3S/c1-9-27(5,6)23-15-16-25(24(20-23)28(7,8)10-2)32-18-12-11-17-29-33(30,31)26-19-21(3)13-14-22(26)4/h13-16,19-20,29H,9-12,17-18H2,1-8H3. The van der Waals surface area contributed by atoms with Gasteiger partial charge in [0.15, 0.2) is 0 Å². The van der Waals surface area contributed by atoms with E-state index in [4.69, 9.17) is 4.74 Å². The Morgan fingerprint density at radius 1 is 0.879 bits per heavy atom. The van der Waals surface area contributed by atoms with Crippen LogP contribution in [0.1, 0.15) is 89.5 Å². The van der Waals surface area contributed by atoms with E-state index in [9.17, 15) is 8.42 Å². The number of unbranched alkanes of at least 4 members (excludes halogenated alkanes) is 1. The molecule has 0 aliphatic carbocycles. The molecule has 0 unspecified atom stereocenters. The van der Waals surface area contributed by atoms with Crippen LogP contribution in [0.5, 0.6) is 5.75 Å². The van der Waals surface area contributed by atoms with Gasteiger partial charge in [0.1, 0.15) is 5.75 Å². The number of hydrogen-bond acceptors (Lipinski definition) is 3. The highest BCUT2D eigenvalue weighted by molar-refractivity contribution is 7.89. The van der Waals surface area contributed by atoms with Gasteiger partial charge in [-0.25, -0.2) is 13.1 Å². The van der Waals surface area contributed by atoms with E-state index >= 15 is 0 Å². The molecule has 33 heavy (non-hydrogen) atoms. The minimum atomic E-state index is -3.49. The van der Waals surface area contributed by atoms with Crippen LogP contribution in [0.15, 0.2) is 41.3 Å². The molecule has 0 saturated heterocycles. The Kier molecular flexibility index (Phi) is 9.17. The second kappa shape index (κ2) is 11.1. The van der Waals surface area contributed by atoms with Crippen LogP contribution in [0.25, 0.3) is 0 Å². The van der Waals surface area contributed by atoms with Crippen molar-refractivity contribution in [1.82, 2.24) is 4.72 Å². The van der Waals surface area contributed by atoms with Crippen LogP contribution >= 0.6 is 0 Å². The molecule has 2 aromatic carbocycles. The number of benzene rings is 2. The molecule has 0 aromatic heterocycles. The number of rotatable bonds is 12. The first-order valence-electron chi connectivity index (χ1n) is 12.2. The molecule has 184 valence electrons. The molecule has 0 heterocycles. The molecule has 0 aliphatic rings. The average Bonchev–Trinajstić information content (AvgIpc) is 2.77. The Morgan fingerprint density at radius 3 is 2.18 bits per heavy atom. The molecule has 0 aliphatic heterocycles. The fourth-order valence-electron chi connectivity index (χ4n) is 3.69. The average molecular weight is 474 g/mol. The summed E-state index contributed by atoms with van der Waals surface area (Å²) >= 11 is 0. The maximum atomic E-state index is 12.6. The molecule has 1 N–H and O–H groups in total. The molecule has 5 heteroatoms. The summed E-state index contributed by atoms with van der Waals surface area (Å²) in [5.74, 6) is 0.938. The minimum Gasteiger partial charge on any atom is -0.493 e. The lowest BCUT2D eigenvalue weighted by Crippen LogP contribution is -2.26. The first kappa shape index (κ1) is 27.4. The Labute approximate surface area is 202 Å². The lowest BCUT2D eigenvalue weighted by Gasteiger charge is -2.30. The molecule has 0 radical (unpaired) electrons. The van der Waals surface area contributed by atoms with Gasteiger partial charge in [0, 0.05) is 12.1 Å². The van der Waals surface area contributed by atoms with E-state index in [2.05, 4.69) is 64.5 Å². The molecular weight excluding hydrogens is 430 g/mol. The van der Waals surface area contributed by atoms with Gasteiger partial charge in [-0.15, -0.1) is 0 Å². The van der Waals surface area contributed by atoms with Crippen LogP contribution in [0.4, 0.5) is 0 Å². The highest BCUT2D eigenvalue weighted by atomic mass is 32.2. The van der Waals surface area contributed by atoms with E-state index in [1.165, 1.54) is 11.1 Å². The number of aryl methyl sites for hydroxylation is 2. The van der Waals surface area contributed by atoms with E-state index in [1.807, 2.05) is 26.0 Å². The van der Waals surface area contributed by atoms with E-state index in [0.717, 1.165) is 42.6 Å². The third-order valence-corrected chi connectivity index (χ3v) is 8.61. The van der Waals surface area contributed by atoms with Crippen molar-refractivity contribution in [2.75, 3.05) is 13.2 Å². The molecular formula is C28H43NO3S. The lowest BCUT2D eigenvalue weighted by molar-refractivity contribution is 0.296. The largest absolute Gasteiger partial charge is 0.493 e. The van der Waals surface area contributed by atoms with Gasteiger partial charge in [-0.05, 0) is 79.2 Å². The summed E-state index contributed by atoms with van der Waals surface area (Å²) in [4.78, 5) is 0.361. The SMILES string of the molecule is CCC(C)(C)c1ccc(OCCCCNS(=O)(=O)c2cc(C)ccc2C)c(C(C)(C)CC)c1. The predicted octanol–water partition coefficient (Wildman–Crippen LogP) is 6.82. The minimum absolute atomic E-state index is 0.0243. The molecule has 0 fully saturated rings. The van der Waals surface area contributed by atoms with Crippen molar-refractivity contribution in [1.29, 1.82) is 0 Å². The van der Waals surface area contributed by atoms with Crippen LogP contribution in [0.2, 0.25) is 0 Å². The van der Waals surface area contributed by atoms with Gasteiger partial charge in [0.2, 0.25) is 10.0 Å². The monoisotopic (exact) mass is 473 g/mol. The summed E-state index contributed by atoms with van der Waals surface area (Å²) in [7, 11) is -3.49. The predicted molar refractivity (Wildman–Crippen MR) is 139 cm³/mol. The van der Waals surface area contributed by atoms with Crippen molar-refractivity contribution < 1.29 is 13.2 Å². The number of sulfonamides is 1. The summed E-state index contributed by atoms with van der Waals surface area (Å²) in [5, 5.41) is 0. The van der Waals surface area contributed by atoms with Gasteiger partial charge < -0.3 is 4.74 Å². The van der Waals surface area contributed by atoms with E-state index in [0.29, 0.717) is 18.0 Å². The van der Waals surface area contributed by atoms with Crippen LogP contribution in [0.3, 0.4) is 0 Å². The smallest absolute Gasteiger partial charge is 0.240 e. The van der Waals surface area contributed by atoms with Crippen LogP contribution < -0.4 is 9.46 Å². The normalized spacial score (nSPS) is 12.7. The molecule has 0 saturated carbocycles. The molecule has 4 nitrogen and oxygen atoms in total. The van der Waals surface area contributed by atoms with Crippen LogP contribution in [0, 0.1) is 13.8 Å². The fourth-order valence-corrected chi connectivity index (χ4v) is 5.09. The zero-order valence-electron chi connectivity index (χ0n) is 21.8. The van der Waals surface area contributed by atoms with E-state index in [1.54, 1.807) is 6.07 Å². The molecule has 0 amide bonds.